The second kappa shape index (κ2) is 8.12. The normalized spacial score (nSPS) is 45.5. The van der Waals surface area contributed by atoms with E-state index in [4.69, 9.17) is 9.47 Å². The Balaban J connectivity index is 1.21. The molecule has 5 aliphatic rings. The highest BCUT2D eigenvalue weighted by Crippen LogP contribution is 2.64. The first kappa shape index (κ1) is 22.4. The zero-order valence-corrected chi connectivity index (χ0v) is 20.2. The topological polar surface area (TPSA) is 64.6 Å². The highest BCUT2D eigenvalue weighted by Gasteiger charge is 2.58. The van der Waals surface area contributed by atoms with Crippen molar-refractivity contribution < 1.29 is 23.5 Å². The average molecular weight is 446 g/mol. The predicted octanol–water partition coefficient (Wildman–Crippen LogP) is 4.40. The van der Waals surface area contributed by atoms with E-state index in [1.165, 1.54) is 5.57 Å². The number of ether oxygens (including phenoxy) is 2. The minimum absolute atomic E-state index is 0.0733. The van der Waals surface area contributed by atoms with Gasteiger partial charge >= 0.3 is 6.16 Å². The van der Waals surface area contributed by atoms with Gasteiger partial charge in [0.15, 0.2) is 0 Å². The molecule has 0 aromatic rings. The van der Waals surface area contributed by atoms with Gasteiger partial charge in [-0.05, 0) is 68.6 Å². The molecular weight excluding hydrogens is 404 g/mol. The third kappa shape index (κ3) is 3.53. The van der Waals surface area contributed by atoms with Crippen molar-refractivity contribution in [3.63, 3.8) is 0 Å². The van der Waals surface area contributed by atoms with E-state index in [1.54, 1.807) is 0 Å². The highest BCUT2D eigenvalue weighted by atomic mass is 16.7. The summed E-state index contributed by atoms with van der Waals surface area (Å²) in [5.74, 6) is 2.37. The van der Waals surface area contributed by atoms with Crippen LogP contribution in [0.1, 0.15) is 72.1 Å². The van der Waals surface area contributed by atoms with Crippen LogP contribution in [-0.4, -0.2) is 55.6 Å². The van der Waals surface area contributed by atoms with Gasteiger partial charge in [-0.15, -0.1) is 0 Å². The number of hydrogen-bond donors (Lipinski definition) is 1. The van der Waals surface area contributed by atoms with E-state index in [-0.39, 0.29) is 16.9 Å². The lowest BCUT2D eigenvalue weighted by atomic mass is 9.48. The number of allylic oxidation sites excluding steroid dienone is 1. The van der Waals surface area contributed by atoms with Crippen molar-refractivity contribution >= 4 is 11.9 Å². The summed E-state index contributed by atoms with van der Waals surface area (Å²) < 4.78 is 12.1. The maximum atomic E-state index is 12.6. The Hall–Kier alpha value is -1.40. The van der Waals surface area contributed by atoms with E-state index in [9.17, 15) is 9.59 Å². The molecule has 6 nitrogen and oxygen atoms in total. The van der Waals surface area contributed by atoms with Crippen molar-refractivity contribution in [2.75, 3.05) is 33.0 Å². The Morgan fingerprint density at radius 2 is 1.97 bits per heavy atom. The number of carbonyl (C=O) groups is 2. The SMILES string of the molecule is CC[N+]1(COC(=O)O[C@H]2CC[C@@]3(C)C(=CC[C@@H]4[C@@H]3CC[C@]3(C)C(=O)CC[C@@H]43)C2)CCNC1. The van der Waals surface area contributed by atoms with E-state index in [1.807, 2.05) is 0 Å². The van der Waals surface area contributed by atoms with Gasteiger partial charge in [0.2, 0.25) is 6.73 Å². The van der Waals surface area contributed by atoms with Gasteiger partial charge in [-0.3, -0.25) is 14.6 Å². The summed E-state index contributed by atoms with van der Waals surface area (Å²) in [4.78, 5) is 25.1. The van der Waals surface area contributed by atoms with Crippen molar-refractivity contribution in [2.45, 2.75) is 78.2 Å². The fraction of sp³-hybridized carbons (Fsp3) is 0.846. The van der Waals surface area contributed by atoms with Crippen LogP contribution in [0.3, 0.4) is 0 Å². The third-order valence-electron chi connectivity index (χ3n) is 10.4. The van der Waals surface area contributed by atoms with Crippen LogP contribution in [0.5, 0.6) is 0 Å². The number of likely N-dealkylation sites (N-methyl/N-ethyl adjacent to an activating group) is 1. The van der Waals surface area contributed by atoms with E-state index in [0.29, 0.717) is 30.3 Å². The first-order valence-corrected chi connectivity index (χ1v) is 12.9. The number of ketones is 1. The lowest BCUT2D eigenvalue weighted by molar-refractivity contribution is -0.931. The molecule has 0 radical (unpaired) electrons. The van der Waals surface area contributed by atoms with Crippen LogP contribution in [0.2, 0.25) is 0 Å². The molecule has 0 aromatic heterocycles. The summed E-state index contributed by atoms with van der Waals surface area (Å²) in [5, 5.41) is 3.36. The summed E-state index contributed by atoms with van der Waals surface area (Å²) in [7, 11) is 0. The molecule has 32 heavy (non-hydrogen) atoms. The Morgan fingerprint density at radius 3 is 2.72 bits per heavy atom. The molecule has 6 heteroatoms. The fourth-order valence-electron chi connectivity index (χ4n) is 8.04. The first-order chi connectivity index (χ1) is 15.3. The summed E-state index contributed by atoms with van der Waals surface area (Å²) in [6, 6.07) is 0. The third-order valence-corrected chi connectivity index (χ3v) is 10.4. The number of rotatable bonds is 4. The number of quaternary nitrogens is 1. The summed E-state index contributed by atoms with van der Waals surface area (Å²) >= 11 is 0. The predicted molar refractivity (Wildman–Crippen MR) is 121 cm³/mol. The maximum Gasteiger partial charge on any atom is 0.512 e. The fourth-order valence-corrected chi connectivity index (χ4v) is 8.04. The lowest BCUT2D eigenvalue weighted by Gasteiger charge is -2.56. The van der Waals surface area contributed by atoms with Crippen LogP contribution < -0.4 is 5.32 Å². The van der Waals surface area contributed by atoms with E-state index in [2.05, 4.69) is 32.2 Å². The van der Waals surface area contributed by atoms with Crippen LogP contribution >= 0.6 is 0 Å². The average Bonchev–Trinajstić information content (AvgIpc) is 3.38. The van der Waals surface area contributed by atoms with E-state index < -0.39 is 6.16 Å². The molecule has 4 fully saturated rings. The quantitative estimate of drug-likeness (QED) is 0.395. The molecule has 0 spiro atoms. The Bertz CT molecular complexity index is 804. The molecule has 178 valence electrons. The number of fused-ring (bicyclic) bond motifs is 5. The summed E-state index contributed by atoms with van der Waals surface area (Å²) in [6.07, 6.45) is 9.84. The molecule has 1 unspecified atom stereocenters. The van der Waals surface area contributed by atoms with Crippen LogP contribution in [0.4, 0.5) is 4.79 Å². The minimum Gasteiger partial charge on any atom is -0.431 e. The lowest BCUT2D eigenvalue weighted by Crippen LogP contribution is -2.51. The van der Waals surface area contributed by atoms with Gasteiger partial charge in [-0.25, -0.2) is 4.79 Å². The van der Waals surface area contributed by atoms with Crippen molar-refractivity contribution in [2.24, 2.45) is 28.6 Å². The van der Waals surface area contributed by atoms with Gasteiger partial charge in [0, 0.05) is 24.8 Å². The van der Waals surface area contributed by atoms with Crippen LogP contribution in [0, 0.1) is 28.6 Å². The second-order valence-electron chi connectivity index (χ2n) is 11.7. The van der Waals surface area contributed by atoms with Gasteiger partial charge in [0.25, 0.3) is 0 Å². The second-order valence-corrected chi connectivity index (χ2v) is 11.7. The molecule has 0 amide bonds. The Kier molecular flexibility index (Phi) is 5.68. The smallest absolute Gasteiger partial charge is 0.431 e. The van der Waals surface area contributed by atoms with Gasteiger partial charge < -0.3 is 9.47 Å². The van der Waals surface area contributed by atoms with E-state index >= 15 is 0 Å². The van der Waals surface area contributed by atoms with Crippen LogP contribution in [0.15, 0.2) is 11.6 Å². The van der Waals surface area contributed by atoms with Crippen LogP contribution in [-0.2, 0) is 14.3 Å². The highest BCUT2D eigenvalue weighted by molar-refractivity contribution is 5.87. The number of nitrogens with one attached hydrogen (secondary N) is 1. The summed E-state index contributed by atoms with van der Waals surface area (Å²) in [6.45, 7) is 11.0. The molecule has 1 saturated heterocycles. The molecule has 1 aliphatic heterocycles. The maximum absolute atomic E-state index is 12.6. The van der Waals surface area contributed by atoms with Crippen LogP contribution in [0.25, 0.3) is 0 Å². The van der Waals surface area contributed by atoms with Crippen molar-refractivity contribution in [3.8, 4) is 0 Å². The van der Waals surface area contributed by atoms with Gasteiger partial charge in [0.1, 0.15) is 18.6 Å². The minimum atomic E-state index is -0.511. The molecule has 0 aromatic carbocycles. The molecule has 4 aliphatic carbocycles. The number of carbonyl (C=O) groups excluding carboxylic acids is 2. The number of hydrogen-bond acceptors (Lipinski definition) is 5. The number of nitrogens with zero attached hydrogens (tertiary/aromatic N) is 1. The van der Waals surface area contributed by atoms with Crippen molar-refractivity contribution in [3.05, 3.63) is 11.6 Å². The molecule has 3 saturated carbocycles. The molecule has 1 heterocycles. The van der Waals surface area contributed by atoms with Gasteiger partial charge in [-0.2, -0.15) is 0 Å². The zero-order valence-electron chi connectivity index (χ0n) is 20.2. The monoisotopic (exact) mass is 445 g/mol. The largest absolute Gasteiger partial charge is 0.512 e. The first-order valence-electron chi connectivity index (χ1n) is 12.9. The molecular formula is C26H41N2O4+. The zero-order chi connectivity index (χ0) is 22.6. The summed E-state index contributed by atoms with van der Waals surface area (Å²) in [5.41, 5.74) is 1.60. The van der Waals surface area contributed by atoms with Crippen molar-refractivity contribution in [1.29, 1.82) is 0 Å². The molecule has 1 N–H and O–H groups in total. The van der Waals surface area contributed by atoms with E-state index in [0.717, 1.165) is 82.2 Å². The van der Waals surface area contributed by atoms with Gasteiger partial charge in [-0.1, -0.05) is 25.5 Å². The standard InChI is InChI=1S/C26H41N2O4/c1-4-28(14-13-27-16-28)17-31-24(30)32-19-9-11-25(2)18(15-19)5-6-20-21-7-8-23(29)26(21,3)12-10-22(20)25/h5,19-22,27H,4,6-17H2,1-3H3/q+1/t19-,20-,21-,22-,25-,26-,28?/m0/s1. The molecule has 0 bridgehead atoms. The number of Topliss-reactive ketones (excluding diaryl/α,β-unsaturated/α-hetero) is 1. The Morgan fingerprint density at radius 1 is 1.19 bits per heavy atom. The van der Waals surface area contributed by atoms with Crippen molar-refractivity contribution in [1.82, 2.24) is 5.32 Å². The van der Waals surface area contributed by atoms with Gasteiger partial charge in [0.05, 0.1) is 13.1 Å². The molecule has 5 rings (SSSR count). The Labute approximate surface area is 192 Å². The molecule has 7 atom stereocenters.